The van der Waals surface area contributed by atoms with Gasteiger partial charge in [-0.1, -0.05) is 18.2 Å². The summed E-state index contributed by atoms with van der Waals surface area (Å²) in [6.07, 6.45) is 6.18. The number of rotatable bonds is 2. The minimum Gasteiger partial charge on any atom is -0.359 e. The van der Waals surface area contributed by atoms with Gasteiger partial charge in [-0.15, -0.1) is 0 Å². The Balaban J connectivity index is 1.68. The molecule has 1 amide bonds. The summed E-state index contributed by atoms with van der Waals surface area (Å²) >= 11 is 0. The molecule has 1 aliphatic heterocycles. The number of pyridine rings is 1. The fourth-order valence-electron chi connectivity index (χ4n) is 2.97. The van der Waals surface area contributed by atoms with Crippen LogP contribution in [0.15, 0.2) is 42.9 Å². The van der Waals surface area contributed by atoms with Crippen LogP contribution in [0.1, 0.15) is 21.5 Å². The lowest BCUT2D eigenvalue weighted by molar-refractivity contribution is 0.102. The second-order valence-corrected chi connectivity index (χ2v) is 5.45. The Labute approximate surface area is 127 Å². The van der Waals surface area contributed by atoms with Crippen molar-refractivity contribution in [2.24, 2.45) is 0 Å². The number of hydrogen-bond acceptors (Lipinski definition) is 3. The van der Waals surface area contributed by atoms with Crippen molar-refractivity contribution >= 4 is 22.5 Å². The fraction of sp³-hybridized carbons (Fsp3) is 0.176. The first-order chi connectivity index (χ1) is 10.8. The highest BCUT2D eigenvalue weighted by atomic mass is 16.1. The number of aromatic amines is 1. The lowest BCUT2D eigenvalue weighted by Gasteiger charge is -2.19. The van der Waals surface area contributed by atoms with E-state index in [1.807, 2.05) is 36.7 Å². The van der Waals surface area contributed by atoms with Crippen LogP contribution in [-0.4, -0.2) is 22.4 Å². The van der Waals surface area contributed by atoms with E-state index in [-0.39, 0.29) is 5.91 Å². The van der Waals surface area contributed by atoms with Gasteiger partial charge in [-0.3, -0.25) is 9.78 Å². The Morgan fingerprint density at radius 2 is 2.14 bits per heavy atom. The van der Waals surface area contributed by atoms with Crippen molar-refractivity contribution in [3.8, 4) is 0 Å². The molecule has 3 N–H and O–H groups in total. The van der Waals surface area contributed by atoms with Gasteiger partial charge in [-0.2, -0.15) is 0 Å². The molecule has 1 aromatic carbocycles. The SMILES string of the molecule is O=C(Nc1c[nH]c2ccccc12)c1cncc2c1CCNC2. The van der Waals surface area contributed by atoms with Crippen molar-refractivity contribution in [2.75, 3.05) is 11.9 Å². The Bertz CT molecular complexity index is 853. The minimum absolute atomic E-state index is 0.101. The predicted octanol–water partition coefficient (Wildman–Crippen LogP) is 2.46. The molecule has 4 rings (SSSR count). The third-order valence-electron chi connectivity index (χ3n) is 4.10. The zero-order valence-electron chi connectivity index (χ0n) is 12.0. The number of carbonyl (C=O) groups is 1. The number of hydrogen-bond donors (Lipinski definition) is 3. The predicted molar refractivity (Wildman–Crippen MR) is 85.9 cm³/mol. The van der Waals surface area contributed by atoms with Gasteiger partial charge in [0.1, 0.15) is 0 Å². The van der Waals surface area contributed by atoms with Crippen molar-refractivity contribution in [3.63, 3.8) is 0 Å². The molecule has 0 saturated heterocycles. The number of nitrogens with zero attached hydrogens (tertiary/aromatic N) is 1. The summed E-state index contributed by atoms with van der Waals surface area (Å²) in [6, 6.07) is 7.91. The number of H-pyrrole nitrogens is 1. The molecule has 0 unspecified atom stereocenters. The maximum Gasteiger partial charge on any atom is 0.257 e. The van der Waals surface area contributed by atoms with Crippen molar-refractivity contribution in [1.29, 1.82) is 0 Å². The highest BCUT2D eigenvalue weighted by Crippen LogP contribution is 2.24. The van der Waals surface area contributed by atoms with Crippen molar-refractivity contribution in [1.82, 2.24) is 15.3 Å². The monoisotopic (exact) mass is 292 g/mol. The maximum absolute atomic E-state index is 12.6. The van der Waals surface area contributed by atoms with Crippen LogP contribution in [0.5, 0.6) is 0 Å². The van der Waals surface area contributed by atoms with E-state index in [0.717, 1.165) is 47.2 Å². The molecule has 5 nitrogen and oxygen atoms in total. The summed E-state index contributed by atoms with van der Waals surface area (Å²) in [7, 11) is 0. The van der Waals surface area contributed by atoms with Crippen LogP contribution in [0.4, 0.5) is 5.69 Å². The van der Waals surface area contributed by atoms with E-state index < -0.39 is 0 Å². The van der Waals surface area contributed by atoms with Gasteiger partial charge < -0.3 is 15.6 Å². The number of carbonyl (C=O) groups excluding carboxylic acids is 1. The fourth-order valence-corrected chi connectivity index (χ4v) is 2.97. The number of amides is 1. The normalized spacial score (nSPS) is 13.8. The molecule has 0 bridgehead atoms. The standard InChI is InChI=1S/C17H16N4O/c22-17(14-9-19-8-11-7-18-6-5-12(11)14)21-16-10-20-15-4-2-1-3-13(15)16/h1-4,8-10,18,20H,5-7H2,(H,21,22). The topological polar surface area (TPSA) is 69.8 Å². The van der Waals surface area contributed by atoms with Gasteiger partial charge in [0, 0.05) is 36.0 Å². The highest BCUT2D eigenvalue weighted by Gasteiger charge is 2.18. The molecular formula is C17H16N4O. The van der Waals surface area contributed by atoms with Crippen molar-refractivity contribution in [2.45, 2.75) is 13.0 Å². The Morgan fingerprint density at radius 3 is 3.09 bits per heavy atom. The lowest BCUT2D eigenvalue weighted by Crippen LogP contribution is -2.27. The van der Waals surface area contributed by atoms with Gasteiger partial charge in [0.05, 0.1) is 11.3 Å². The second-order valence-electron chi connectivity index (χ2n) is 5.45. The maximum atomic E-state index is 12.6. The number of anilines is 1. The van der Waals surface area contributed by atoms with Crippen LogP contribution >= 0.6 is 0 Å². The van der Waals surface area contributed by atoms with Crippen molar-refractivity contribution < 1.29 is 4.79 Å². The Morgan fingerprint density at radius 1 is 1.23 bits per heavy atom. The zero-order valence-corrected chi connectivity index (χ0v) is 12.0. The van der Waals surface area contributed by atoms with Crippen LogP contribution in [0.2, 0.25) is 0 Å². The number of fused-ring (bicyclic) bond motifs is 2. The van der Waals surface area contributed by atoms with Gasteiger partial charge in [0.25, 0.3) is 5.91 Å². The third kappa shape index (κ3) is 2.16. The molecule has 0 aliphatic carbocycles. The molecule has 2 aromatic heterocycles. The Kier molecular flexibility index (Phi) is 3.12. The van der Waals surface area contributed by atoms with E-state index in [1.54, 1.807) is 6.20 Å². The Hall–Kier alpha value is -2.66. The largest absolute Gasteiger partial charge is 0.359 e. The molecule has 0 atom stereocenters. The van der Waals surface area contributed by atoms with Gasteiger partial charge in [-0.05, 0) is 30.2 Å². The molecule has 0 spiro atoms. The smallest absolute Gasteiger partial charge is 0.257 e. The lowest BCUT2D eigenvalue weighted by atomic mass is 9.98. The summed E-state index contributed by atoms with van der Waals surface area (Å²) in [4.78, 5) is 20.0. The third-order valence-corrected chi connectivity index (χ3v) is 4.10. The molecule has 0 fully saturated rings. The van der Waals surface area contributed by atoms with E-state index >= 15 is 0 Å². The van der Waals surface area contributed by atoms with E-state index in [2.05, 4.69) is 20.6 Å². The average molecular weight is 292 g/mol. The first-order valence-corrected chi connectivity index (χ1v) is 7.37. The first kappa shape index (κ1) is 13.0. The van der Waals surface area contributed by atoms with E-state index in [1.165, 1.54) is 0 Å². The number of nitrogens with one attached hydrogen (secondary N) is 3. The molecule has 0 radical (unpaired) electrons. The van der Waals surface area contributed by atoms with Crippen molar-refractivity contribution in [3.05, 3.63) is 59.5 Å². The van der Waals surface area contributed by atoms with Crippen LogP contribution in [0, 0.1) is 0 Å². The molecule has 22 heavy (non-hydrogen) atoms. The summed E-state index contributed by atoms with van der Waals surface area (Å²) in [5.74, 6) is -0.101. The molecule has 3 heterocycles. The number of para-hydroxylation sites is 1. The van der Waals surface area contributed by atoms with Gasteiger partial charge in [-0.25, -0.2) is 0 Å². The quantitative estimate of drug-likeness (QED) is 0.679. The molecule has 0 saturated carbocycles. The summed E-state index contributed by atoms with van der Waals surface area (Å²) < 4.78 is 0. The molecule has 1 aliphatic rings. The van der Waals surface area contributed by atoms with Gasteiger partial charge >= 0.3 is 0 Å². The van der Waals surface area contributed by atoms with E-state index in [9.17, 15) is 4.79 Å². The summed E-state index contributed by atoms with van der Waals surface area (Å²) in [5, 5.41) is 7.31. The molecule has 110 valence electrons. The first-order valence-electron chi connectivity index (χ1n) is 7.37. The molecular weight excluding hydrogens is 276 g/mol. The average Bonchev–Trinajstić information content (AvgIpc) is 2.97. The van der Waals surface area contributed by atoms with Crippen LogP contribution in [0.3, 0.4) is 0 Å². The number of benzene rings is 1. The van der Waals surface area contributed by atoms with Crippen LogP contribution < -0.4 is 10.6 Å². The zero-order chi connectivity index (χ0) is 14.9. The number of aromatic nitrogens is 2. The van der Waals surface area contributed by atoms with E-state index in [4.69, 9.17) is 0 Å². The van der Waals surface area contributed by atoms with Crippen LogP contribution in [0.25, 0.3) is 10.9 Å². The minimum atomic E-state index is -0.101. The molecule has 5 heteroatoms. The highest BCUT2D eigenvalue weighted by molar-refractivity contribution is 6.09. The van der Waals surface area contributed by atoms with Crippen LogP contribution in [-0.2, 0) is 13.0 Å². The second kappa shape index (κ2) is 5.27. The summed E-state index contributed by atoms with van der Waals surface area (Å²) in [6.45, 7) is 1.67. The van der Waals surface area contributed by atoms with Gasteiger partial charge in [0.15, 0.2) is 0 Å². The molecule has 3 aromatic rings. The van der Waals surface area contributed by atoms with E-state index in [0.29, 0.717) is 5.56 Å². The van der Waals surface area contributed by atoms with Gasteiger partial charge in [0.2, 0.25) is 0 Å². The summed E-state index contributed by atoms with van der Waals surface area (Å²) in [5.41, 5.74) is 4.69.